The van der Waals surface area contributed by atoms with Crippen molar-refractivity contribution >= 4 is 33.2 Å². The van der Waals surface area contributed by atoms with Gasteiger partial charge in [-0.3, -0.25) is 0 Å². The molecule has 1 saturated carbocycles. The van der Waals surface area contributed by atoms with Gasteiger partial charge in [0.05, 0.1) is 9.35 Å². The second-order valence-corrected chi connectivity index (χ2v) is 6.85. The maximum absolute atomic E-state index is 11.2. The highest BCUT2D eigenvalue weighted by Gasteiger charge is 2.37. The Labute approximate surface area is 100 Å². The van der Waals surface area contributed by atoms with Gasteiger partial charge in [0.2, 0.25) is 0 Å². The lowest BCUT2D eigenvalue weighted by Gasteiger charge is -2.19. The van der Waals surface area contributed by atoms with Crippen molar-refractivity contribution < 1.29 is 9.90 Å². The summed E-state index contributed by atoms with van der Waals surface area (Å²) in [4.78, 5) is 12.5. The topological polar surface area (TPSA) is 37.3 Å². The summed E-state index contributed by atoms with van der Waals surface area (Å²) in [5.41, 5.74) is 1.66. The molecule has 80 valence electrons. The van der Waals surface area contributed by atoms with Crippen LogP contribution >= 0.6 is 27.3 Å². The Morgan fingerprint density at radius 1 is 1.47 bits per heavy atom. The SMILES string of the molecule is O=C(O)c1c(Br)sc2c1C[C@H]1CC[C@@H]2C1. The van der Waals surface area contributed by atoms with Crippen LogP contribution in [0.25, 0.3) is 0 Å². The van der Waals surface area contributed by atoms with Crippen LogP contribution in [0.2, 0.25) is 0 Å². The molecule has 0 amide bonds. The Morgan fingerprint density at radius 3 is 3.00 bits per heavy atom. The molecule has 0 aromatic carbocycles. The Morgan fingerprint density at radius 2 is 2.27 bits per heavy atom. The molecule has 2 aliphatic rings. The van der Waals surface area contributed by atoms with Crippen molar-refractivity contribution in [3.8, 4) is 0 Å². The van der Waals surface area contributed by atoms with E-state index in [0.29, 0.717) is 11.5 Å². The van der Waals surface area contributed by atoms with Crippen molar-refractivity contribution in [2.45, 2.75) is 31.6 Å². The highest BCUT2D eigenvalue weighted by Crippen LogP contribution is 2.51. The maximum Gasteiger partial charge on any atom is 0.338 e. The number of halogens is 1. The highest BCUT2D eigenvalue weighted by atomic mass is 79.9. The third-order valence-corrected chi connectivity index (χ3v) is 5.68. The van der Waals surface area contributed by atoms with Crippen molar-refractivity contribution in [3.63, 3.8) is 0 Å². The number of rotatable bonds is 1. The van der Waals surface area contributed by atoms with Gasteiger partial charge in [0.15, 0.2) is 0 Å². The summed E-state index contributed by atoms with van der Waals surface area (Å²) in [5.74, 6) is 0.607. The van der Waals surface area contributed by atoms with Crippen LogP contribution in [0.4, 0.5) is 0 Å². The van der Waals surface area contributed by atoms with E-state index in [4.69, 9.17) is 0 Å². The summed E-state index contributed by atoms with van der Waals surface area (Å²) in [6, 6.07) is 0. The largest absolute Gasteiger partial charge is 0.478 e. The van der Waals surface area contributed by atoms with Gasteiger partial charge < -0.3 is 5.11 Å². The first-order chi connectivity index (χ1) is 7.16. The van der Waals surface area contributed by atoms with Gasteiger partial charge in [-0.15, -0.1) is 11.3 Å². The molecular weight excluding hydrogens is 276 g/mol. The summed E-state index contributed by atoms with van der Waals surface area (Å²) in [7, 11) is 0. The molecule has 1 N–H and O–H groups in total. The zero-order valence-electron chi connectivity index (χ0n) is 8.12. The molecule has 0 aliphatic heterocycles. The van der Waals surface area contributed by atoms with E-state index in [0.717, 1.165) is 21.7 Å². The van der Waals surface area contributed by atoms with Gasteiger partial charge >= 0.3 is 5.97 Å². The molecule has 1 heterocycles. The van der Waals surface area contributed by atoms with Gasteiger partial charge in [-0.1, -0.05) is 0 Å². The van der Waals surface area contributed by atoms with E-state index in [9.17, 15) is 9.90 Å². The quantitative estimate of drug-likeness (QED) is 0.856. The molecule has 2 nitrogen and oxygen atoms in total. The molecular formula is C11H11BrO2S. The second-order valence-electron chi connectivity index (χ2n) is 4.48. The fourth-order valence-electron chi connectivity index (χ4n) is 2.98. The van der Waals surface area contributed by atoms with E-state index in [1.165, 1.54) is 24.1 Å². The number of carboxylic acids is 1. The van der Waals surface area contributed by atoms with Gasteiger partial charge in [-0.05, 0) is 59.0 Å². The lowest BCUT2D eigenvalue weighted by Crippen LogP contribution is -2.11. The van der Waals surface area contributed by atoms with Crippen LogP contribution in [0.15, 0.2) is 3.79 Å². The monoisotopic (exact) mass is 286 g/mol. The van der Waals surface area contributed by atoms with Crippen molar-refractivity contribution in [1.82, 2.24) is 0 Å². The number of carboxylic acid groups (broad SMARTS) is 1. The minimum atomic E-state index is -0.777. The summed E-state index contributed by atoms with van der Waals surface area (Å²) in [5, 5.41) is 9.18. The Hall–Kier alpha value is -0.350. The van der Waals surface area contributed by atoms with Crippen LogP contribution < -0.4 is 0 Å². The van der Waals surface area contributed by atoms with Gasteiger partial charge in [-0.2, -0.15) is 0 Å². The van der Waals surface area contributed by atoms with Crippen molar-refractivity contribution in [2.24, 2.45) is 5.92 Å². The highest BCUT2D eigenvalue weighted by molar-refractivity contribution is 9.11. The molecule has 2 atom stereocenters. The Bertz CT molecular complexity index is 438. The number of hydrogen-bond donors (Lipinski definition) is 1. The number of aromatic carboxylic acids is 1. The van der Waals surface area contributed by atoms with Gasteiger partial charge in [0.1, 0.15) is 0 Å². The molecule has 0 saturated heterocycles. The van der Waals surface area contributed by atoms with Crippen molar-refractivity contribution in [2.75, 3.05) is 0 Å². The molecule has 1 aromatic heterocycles. The van der Waals surface area contributed by atoms with Crippen molar-refractivity contribution in [3.05, 3.63) is 19.8 Å². The molecule has 15 heavy (non-hydrogen) atoms. The first-order valence-electron chi connectivity index (χ1n) is 5.21. The van der Waals surface area contributed by atoms with Crippen molar-refractivity contribution in [1.29, 1.82) is 0 Å². The molecule has 0 spiro atoms. The average Bonchev–Trinajstić information content (AvgIpc) is 2.69. The first kappa shape index (κ1) is 9.85. The third kappa shape index (κ3) is 1.38. The summed E-state index contributed by atoms with van der Waals surface area (Å²) < 4.78 is 0.813. The molecule has 2 bridgehead atoms. The van der Waals surface area contributed by atoms with Crippen LogP contribution in [0, 0.1) is 5.92 Å². The third-order valence-electron chi connectivity index (χ3n) is 3.61. The maximum atomic E-state index is 11.2. The zero-order valence-corrected chi connectivity index (χ0v) is 10.5. The second kappa shape index (κ2) is 3.32. The van der Waals surface area contributed by atoms with Crippen LogP contribution in [0.5, 0.6) is 0 Å². The molecule has 2 aliphatic carbocycles. The fraction of sp³-hybridized carbons (Fsp3) is 0.545. The van der Waals surface area contributed by atoms with Crippen LogP contribution in [-0.2, 0) is 6.42 Å². The lowest BCUT2D eigenvalue weighted by molar-refractivity contribution is 0.0695. The Balaban J connectivity index is 2.17. The number of thiophene rings is 1. The summed E-state index contributed by atoms with van der Waals surface area (Å²) in [6.07, 6.45) is 4.79. The first-order valence-corrected chi connectivity index (χ1v) is 6.82. The molecule has 1 fully saturated rings. The van der Waals surface area contributed by atoms with Crippen LogP contribution in [0.1, 0.15) is 46.0 Å². The zero-order chi connectivity index (χ0) is 10.6. The van der Waals surface area contributed by atoms with Gasteiger partial charge in [0.25, 0.3) is 0 Å². The lowest BCUT2D eigenvalue weighted by atomic mass is 9.87. The predicted octanol–water partition coefficient (Wildman–Crippen LogP) is 3.65. The van der Waals surface area contributed by atoms with E-state index in [1.54, 1.807) is 11.3 Å². The molecule has 0 radical (unpaired) electrons. The summed E-state index contributed by atoms with van der Waals surface area (Å²) >= 11 is 5.03. The van der Waals surface area contributed by atoms with E-state index in [2.05, 4.69) is 15.9 Å². The van der Waals surface area contributed by atoms with Crippen LogP contribution in [-0.4, -0.2) is 11.1 Å². The standard InChI is InChI=1S/C11H11BrO2S/c12-10-8(11(13)14)7-4-5-1-2-6(3-5)9(7)15-10/h5-6H,1-4H2,(H,13,14)/t5-,6+/m0/s1. The smallest absolute Gasteiger partial charge is 0.338 e. The number of fused-ring (bicyclic) bond motifs is 4. The van der Waals surface area contributed by atoms with E-state index in [-0.39, 0.29) is 0 Å². The van der Waals surface area contributed by atoms with E-state index >= 15 is 0 Å². The molecule has 4 heteroatoms. The normalized spacial score (nSPS) is 27.8. The molecule has 1 aromatic rings. The summed E-state index contributed by atoms with van der Waals surface area (Å²) in [6.45, 7) is 0. The Kier molecular flexibility index (Phi) is 2.18. The minimum absolute atomic E-state index is 0.534. The number of hydrogen-bond acceptors (Lipinski definition) is 2. The number of carbonyl (C=O) groups is 1. The molecule has 0 unspecified atom stereocenters. The fourth-order valence-corrected chi connectivity index (χ4v) is 5.11. The average molecular weight is 287 g/mol. The van der Waals surface area contributed by atoms with Gasteiger partial charge in [-0.25, -0.2) is 4.79 Å². The van der Waals surface area contributed by atoms with Gasteiger partial charge in [0, 0.05) is 4.88 Å². The van der Waals surface area contributed by atoms with E-state index < -0.39 is 5.97 Å². The predicted molar refractivity (Wildman–Crippen MR) is 62.8 cm³/mol. The van der Waals surface area contributed by atoms with Crippen LogP contribution in [0.3, 0.4) is 0 Å². The minimum Gasteiger partial charge on any atom is -0.478 e. The molecule has 3 rings (SSSR count). The van der Waals surface area contributed by atoms with E-state index in [1.807, 2.05) is 0 Å².